The molecule has 19 heavy (non-hydrogen) atoms. The van der Waals surface area contributed by atoms with Crippen LogP contribution in [0.3, 0.4) is 0 Å². The minimum absolute atomic E-state index is 0.250. The molecule has 0 bridgehead atoms. The normalized spacial score (nSPS) is 10.2. The summed E-state index contributed by atoms with van der Waals surface area (Å²) in [6, 6.07) is 15.3. The Kier molecular flexibility index (Phi) is 4.42. The number of nitrogens with two attached hydrogens (primary N) is 1. The predicted molar refractivity (Wildman–Crippen MR) is 78.1 cm³/mol. The lowest BCUT2D eigenvalue weighted by Gasteiger charge is -2.11. The van der Waals surface area contributed by atoms with Crippen molar-refractivity contribution in [2.24, 2.45) is 5.73 Å². The Balaban J connectivity index is 2.11. The summed E-state index contributed by atoms with van der Waals surface area (Å²) in [5.74, 6) is -0.329. The van der Waals surface area contributed by atoms with E-state index in [0.717, 1.165) is 16.8 Å². The summed E-state index contributed by atoms with van der Waals surface area (Å²) in [4.78, 5) is 11.0. The number of hydrogen-bond acceptors (Lipinski definition) is 2. The zero-order valence-electron chi connectivity index (χ0n) is 10.4. The molecule has 0 aliphatic carbocycles. The maximum absolute atomic E-state index is 11.0. The molecule has 0 saturated carbocycles. The number of para-hydroxylation sites is 1. The molecule has 2 aromatic carbocycles. The van der Waals surface area contributed by atoms with E-state index in [4.69, 9.17) is 17.3 Å². The highest BCUT2D eigenvalue weighted by Crippen LogP contribution is 2.21. The smallest absolute Gasteiger partial charge is 0.221 e. The van der Waals surface area contributed by atoms with Crippen LogP contribution in [0.5, 0.6) is 0 Å². The van der Waals surface area contributed by atoms with Gasteiger partial charge in [-0.2, -0.15) is 0 Å². The van der Waals surface area contributed by atoms with Crippen LogP contribution in [0.25, 0.3) is 0 Å². The average Bonchev–Trinajstić information content (AvgIpc) is 2.39. The van der Waals surface area contributed by atoms with Gasteiger partial charge in [0.1, 0.15) is 0 Å². The molecule has 0 unspecified atom stereocenters. The number of anilines is 1. The van der Waals surface area contributed by atoms with Crippen LogP contribution in [0.4, 0.5) is 5.69 Å². The second-order valence-corrected chi connectivity index (χ2v) is 4.65. The molecular weight excluding hydrogens is 260 g/mol. The van der Waals surface area contributed by atoms with Crippen LogP contribution in [0.1, 0.15) is 11.1 Å². The molecule has 2 aromatic rings. The SMILES string of the molecule is NC(=O)Cc1ccccc1CNc1ccccc1Cl. The fourth-order valence-corrected chi connectivity index (χ4v) is 2.09. The summed E-state index contributed by atoms with van der Waals surface area (Å²) in [5.41, 5.74) is 8.10. The van der Waals surface area contributed by atoms with Crippen molar-refractivity contribution in [1.82, 2.24) is 0 Å². The van der Waals surface area contributed by atoms with E-state index in [2.05, 4.69) is 5.32 Å². The van der Waals surface area contributed by atoms with Gasteiger partial charge in [0.2, 0.25) is 5.91 Å². The van der Waals surface area contributed by atoms with E-state index >= 15 is 0 Å². The van der Waals surface area contributed by atoms with Gasteiger partial charge in [-0.3, -0.25) is 4.79 Å². The molecular formula is C15H15ClN2O. The van der Waals surface area contributed by atoms with Gasteiger partial charge in [0.15, 0.2) is 0 Å². The minimum atomic E-state index is -0.329. The molecule has 4 heteroatoms. The molecule has 1 amide bonds. The molecule has 2 rings (SSSR count). The Morgan fingerprint density at radius 1 is 1.05 bits per heavy atom. The zero-order valence-corrected chi connectivity index (χ0v) is 11.2. The summed E-state index contributed by atoms with van der Waals surface area (Å²) in [7, 11) is 0. The molecule has 0 saturated heterocycles. The van der Waals surface area contributed by atoms with Crippen molar-refractivity contribution in [3.63, 3.8) is 0 Å². The number of rotatable bonds is 5. The molecule has 0 aliphatic rings. The lowest BCUT2D eigenvalue weighted by atomic mass is 10.0. The summed E-state index contributed by atoms with van der Waals surface area (Å²) in [6.45, 7) is 0.604. The first-order chi connectivity index (χ1) is 9.16. The fraction of sp³-hybridized carbons (Fsp3) is 0.133. The highest BCUT2D eigenvalue weighted by Gasteiger charge is 2.05. The van der Waals surface area contributed by atoms with Crippen molar-refractivity contribution in [2.75, 3.05) is 5.32 Å². The molecule has 0 radical (unpaired) electrons. The molecule has 3 nitrogen and oxygen atoms in total. The Morgan fingerprint density at radius 3 is 2.37 bits per heavy atom. The maximum atomic E-state index is 11.0. The topological polar surface area (TPSA) is 55.1 Å². The van der Waals surface area contributed by atoms with Crippen LogP contribution < -0.4 is 11.1 Å². The van der Waals surface area contributed by atoms with Crippen molar-refractivity contribution >= 4 is 23.2 Å². The highest BCUT2D eigenvalue weighted by atomic mass is 35.5. The van der Waals surface area contributed by atoms with Crippen LogP contribution in [0, 0.1) is 0 Å². The third-order valence-corrected chi connectivity index (χ3v) is 3.16. The van der Waals surface area contributed by atoms with Gasteiger partial charge in [0, 0.05) is 6.54 Å². The van der Waals surface area contributed by atoms with Gasteiger partial charge < -0.3 is 11.1 Å². The first kappa shape index (κ1) is 13.4. The van der Waals surface area contributed by atoms with E-state index in [1.807, 2.05) is 48.5 Å². The first-order valence-corrected chi connectivity index (χ1v) is 6.38. The molecule has 0 aliphatic heterocycles. The van der Waals surface area contributed by atoms with Gasteiger partial charge in [-0.25, -0.2) is 0 Å². The van der Waals surface area contributed by atoms with E-state index < -0.39 is 0 Å². The predicted octanol–water partition coefficient (Wildman–Crippen LogP) is 2.98. The van der Waals surface area contributed by atoms with Gasteiger partial charge in [0.05, 0.1) is 17.1 Å². The third-order valence-electron chi connectivity index (χ3n) is 2.83. The number of benzene rings is 2. The molecule has 0 spiro atoms. The van der Waals surface area contributed by atoms with Crippen molar-refractivity contribution in [3.8, 4) is 0 Å². The second kappa shape index (κ2) is 6.25. The summed E-state index contributed by atoms with van der Waals surface area (Å²) < 4.78 is 0. The standard InChI is InChI=1S/C15H15ClN2O/c16-13-7-3-4-8-14(13)18-10-12-6-2-1-5-11(12)9-15(17)19/h1-8,18H,9-10H2,(H2,17,19). The third kappa shape index (κ3) is 3.73. The summed E-state index contributed by atoms with van der Waals surface area (Å²) in [6.07, 6.45) is 0.250. The van der Waals surface area contributed by atoms with Crippen LogP contribution in [0.15, 0.2) is 48.5 Å². The van der Waals surface area contributed by atoms with Crippen molar-refractivity contribution in [2.45, 2.75) is 13.0 Å². The molecule has 0 heterocycles. The van der Waals surface area contributed by atoms with E-state index in [9.17, 15) is 4.79 Å². The van der Waals surface area contributed by atoms with E-state index in [0.29, 0.717) is 11.6 Å². The Hall–Kier alpha value is -2.00. The number of halogens is 1. The molecule has 98 valence electrons. The Bertz CT molecular complexity index is 584. The zero-order chi connectivity index (χ0) is 13.7. The van der Waals surface area contributed by atoms with Gasteiger partial charge >= 0.3 is 0 Å². The van der Waals surface area contributed by atoms with E-state index in [-0.39, 0.29) is 12.3 Å². The second-order valence-electron chi connectivity index (χ2n) is 4.25. The van der Waals surface area contributed by atoms with Gasteiger partial charge in [0.25, 0.3) is 0 Å². The minimum Gasteiger partial charge on any atom is -0.380 e. The quantitative estimate of drug-likeness (QED) is 0.881. The number of carbonyl (C=O) groups excluding carboxylic acids is 1. The number of carbonyl (C=O) groups is 1. The van der Waals surface area contributed by atoms with Gasteiger partial charge in [-0.1, -0.05) is 48.0 Å². The largest absolute Gasteiger partial charge is 0.380 e. The highest BCUT2D eigenvalue weighted by molar-refractivity contribution is 6.33. The molecule has 0 fully saturated rings. The maximum Gasteiger partial charge on any atom is 0.221 e. The van der Waals surface area contributed by atoms with E-state index in [1.54, 1.807) is 0 Å². The van der Waals surface area contributed by atoms with E-state index in [1.165, 1.54) is 0 Å². The number of amides is 1. The number of primary amides is 1. The molecule has 0 aromatic heterocycles. The lowest BCUT2D eigenvalue weighted by Crippen LogP contribution is -2.15. The van der Waals surface area contributed by atoms with Crippen molar-refractivity contribution < 1.29 is 4.79 Å². The fourth-order valence-electron chi connectivity index (χ4n) is 1.89. The summed E-state index contributed by atoms with van der Waals surface area (Å²) >= 11 is 6.08. The van der Waals surface area contributed by atoms with Crippen LogP contribution in [-0.4, -0.2) is 5.91 Å². The molecule has 0 atom stereocenters. The lowest BCUT2D eigenvalue weighted by molar-refractivity contribution is -0.117. The Labute approximate surface area is 117 Å². The number of hydrogen-bond donors (Lipinski definition) is 2. The number of nitrogens with one attached hydrogen (secondary N) is 1. The van der Waals surface area contributed by atoms with Crippen LogP contribution >= 0.6 is 11.6 Å². The van der Waals surface area contributed by atoms with Crippen molar-refractivity contribution in [3.05, 3.63) is 64.7 Å². The molecule has 3 N–H and O–H groups in total. The van der Waals surface area contributed by atoms with Crippen molar-refractivity contribution in [1.29, 1.82) is 0 Å². The Morgan fingerprint density at radius 2 is 1.68 bits per heavy atom. The van der Waals surface area contributed by atoms with Gasteiger partial charge in [-0.15, -0.1) is 0 Å². The monoisotopic (exact) mass is 274 g/mol. The first-order valence-electron chi connectivity index (χ1n) is 6.00. The van der Waals surface area contributed by atoms with Crippen LogP contribution in [-0.2, 0) is 17.8 Å². The van der Waals surface area contributed by atoms with Gasteiger partial charge in [-0.05, 0) is 23.3 Å². The van der Waals surface area contributed by atoms with Crippen LogP contribution in [0.2, 0.25) is 5.02 Å². The average molecular weight is 275 g/mol. The summed E-state index contributed by atoms with van der Waals surface area (Å²) in [5, 5.41) is 3.93.